The van der Waals surface area contributed by atoms with Crippen molar-refractivity contribution in [3.8, 4) is 0 Å². The third-order valence-electron chi connectivity index (χ3n) is 2.60. The molecule has 0 radical (unpaired) electrons. The van der Waals surface area contributed by atoms with Crippen LogP contribution in [0.3, 0.4) is 0 Å². The number of hydrogen-bond acceptors (Lipinski definition) is 3. The van der Waals surface area contributed by atoms with E-state index < -0.39 is 0 Å². The Hall–Kier alpha value is -1.22. The molecule has 0 aliphatic carbocycles. The molecule has 1 aromatic carbocycles. The third-order valence-corrected chi connectivity index (χ3v) is 2.60. The summed E-state index contributed by atoms with van der Waals surface area (Å²) in [6.07, 6.45) is 0.730. The van der Waals surface area contributed by atoms with E-state index in [2.05, 4.69) is 11.0 Å². The van der Waals surface area contributed by atoms with Crippen molar-refractivity contribution >= 4 is 11.4 Å². The molecule has 14 heavy (non-hydrogen) atoms. The molecular formula is C11H16N2O. The summed E-state index contributed by atoms with van der Waals surface area (Å²) in [5.74, 6) is 0. The molecule has 0 unspecified atom stereocenters. The highest BCUT2D eigenvalue weighted by atomic mass is 16.3. The first-order valence-electron chi connectivity index (χ1n) is 4.99. The Labute approximate surface area is 84.1 Å². The number of nitrogen functional groups attached to an aromatic ring is 1. The lowest BCUT2D eigenvalue weighted by Crippen LogP contribution is -2.29. The summed E-state index contributed by atoms with van der Waals surface area (Å²) in [7, 11) is 0. The molecule has 3 N–H and O–H groups in total. The number of anilines is 2. The molecule has 0 aromatic heterocycles. The van der Waals surface area contributed by atoms with Gasteiger partial charge in [0.1, 0.15) is 0 Å². The average molecular weight is 192 g/mol. The molecule has 0 saturated carbocycles. The molecule has 1 atom stereocenters. The summed E-state index contributed by atoms with van der Waals surface area (Å²) in [5.41, 5.74) is 9.15. The molecule has 3 heteroatoms. The number of benzene rings is 1. The number of aliphatic hydroxyl groups excluding tert-OH is 1. The molecule has 0 bridgehead atoms. The van der Waals surface area contributed by atoms with Crippen molar-refractivity contribution in [2.75, 3.05) is 23.7 Å². The van der Waals surface area contributed by atoms with Crippen molar-refractivity contribution in [2.45, 2.75) is 19.4 Å². The van der Waals surface area contributed by atoms with Crippen molar-refractivity contribution in [3.05, 3.63) is 23.8 Å². The third kappa shape index (κ3) is 1.55. The van der Waals surface area contributed by atoms with Gasteiger partial charge in [0.15, 0.2) is 0 Å². The van der Waals surface area contributed by atoms with Crippen LogP contribution >= 0.6 is 0 Å². The molecule has 2 rings (SSSR count). The predicted molar refractivity (Wildman–Crippen MR) is 58.5 cm³/mol. The second-order valence-corrected chi connectivity index (χ2v) is 3.90. The van der Waals surface area contributed by atoms with Gasteiger partial charge >= 0.3 is 0 Å². The monoisotopic (exact) mass is 192 g/mol. The number of fused-ring (bicyclic) bond motifs is 1. The first-order valence-corrected chi connectivity index (χ1v) is 4.99. The molecule has 0 spiro atoms. The van der Waals surface area contributed by atoms with Gasteiger partial charge in [0.2, 0.25) is 0 Å². The maximum absolute atomic E-state index is 9.35. The van der Waals surface area contributed by atoms with Crippen molar-refractivity contribution in [1.29, 1.82) is 0 Å². The summed E-state index contributed by atoms with van der Waals surface area (Å²) >= 11 is 0. The molecule has 0 saturated heterocycles. The number of nitrogens with two attached hydrogens (primary N) is 1. The van der Waals surface area contributed by atoms with Gasteiger partial charge < -0.3 is 15.7 Å². The number of nitrogens with zero attached hydrogens (tertiary/aromatic N) is 1. The zero-order valence-electron chi connectivity index (χ0n) is 8.40. The van der Waals surface area contributed by atoms with Crippen LogP contribution < -0.4 is 10.6 Å². The summed E-state index contributed by atoms with van der Waals surface area (Å²) in [5, 5.41) is 9.35. The van der Waals surface area contributed by atoms with Gasteiger partial charge in [0, 0.05) is 13.1 Å². The van der Waals surface area contributed by atoms with Gasteiger partial charge in [0.25, 0.3) is 0 Å². The highest BCUT2D eigenvalue weighted by molar-refractivity contribution is 5.74. The molecule has 1 aromatic rings. The lowest BCUT2D eigenvalue weighted by atomic mass is 10.1. The summed E-state index contributed by atoms with van der Waals surface area (Å²) < 4.78 is 0. The van der Waals surface area contributed by atoms with Gasteiger partial charge in [-0.25, -0.2) is 0 Å². The maximum atomic E-state index is 9.35. The fourth-order valence-corrected chi connectivity index (χ4v) is 2.07. The van der Waals surface area contributed by atoms with Gasteiger partial charge in [-0.15, -0.1) is 0 Å². The number of hydrogen-bond donors (Lipinski definition) is 2. The Morgan fingerprint density at radius 3 is 3.07 bits per heavy atom. The van der Waals surface area contributed by atoms with Crippen LogP contribution in [0.4, 0.5) is 11.4 Å². The van der Waals surface area contributed by atoms with Crippen molar-refractivity contribution in [2.24, 2.45) is 0 Å². The molecule has 76 valence electrons. The number of para-hydroxylation sites is 1. The van der Waals surface area contributed by atoms with E-state index in [0.29, 0.717) is 6.54 Å². The lowest BCUT2D eigenvalue weighted by molar-refractivity contribution is 0.200. The SMILES string of the molecule is C[C@@H](O)CN1CCc2cccc(N)c21. The molecule has 1 heterocycles. The van der Waals surface area contributed by atoms with E-state index in [9.17, 15) is 5.11 Å². The van der Waals surface area contributed by atoms with Crippen LogP contribution in [-0.4, -0.2) is 24.3 Å². The Kier molecular flexibility index (Phi) is 2.33. The zero-order chi connectivity index (χ0) is 10.1. The standard InChI is InChI=1S/C11H16N2O/c1-8(14)7-13-6-5-9-3-2-4-10(12)11(9)13/h2-4,8,14H,5-7,12H2,1H3/t8-/m1/s1. The number of β-amino-alcohol motifs (C(OH)–C–C–N with tert-alkyl or cyclic N) is 1. The zero-order valence-corrected chi connectivity index (χ0v) is 8.40. The first-order chi connectivity index (χ1) is 6.68. The summed E-state index contributed by atoms with van der Waals surface area (Å²) in [6.45, 7) is 3.44. The smallest absolute Gasteiger partial charge is 0.0687 e. The second kappa shape index (κ2) is 3.50. The van der Waals surface area contributed by atoms with Gasteiger partial charge in [-0.2, -0.15) is 0 Å². The van der Waals surface area contributed by atoms with Crippen LogP contribution in [-0.2, 0) is 6.42 Å². The Morgan fingerprint density at radius 1 is 1.57 bits per heavy atom. The molecule has 0 fully saturated rings. The van der Waals surface area contributed by atoms with Crippen LogP contribution in [0, 0.1) is 0 Å². The summed E-state index contributed by atoms with van der Waals surface area (Å²) in [6, 6.07) is 6.01. The van der Waals surface area contributed by atoms with Crippen molar-refractivity contribution in [1.82, 2.24) is 0 Å². The first kappa shape index (κ1) is 9.34. The molecule has 0 amide bonds. The average Bonchev–Trinajstić information content (AvgIpc) is 2.49. The lowest BCUT2D eigenvalue weighted by Gasteiger charge is -2.22. The van der Waals surface area contributed by atoms with E-state index >= 15 is 0 Å². The van der Waals surface area contributed by atoms with Crippen molar-refractivity contribution < 1.29 is 5.11 Å². The molecule has 3 nitrogen and oxygen atoms in total. The van der Waals surface area contributed by atoms with E-state index in [-0.39, 0.29) is 6.10 Å². The minimum Gasteiger partial charge on any atom is -0.397 e. The van der Waals surface area contributed by atoms with E-state index in [4.69, 9.17) is 5.73 Å². The minimum atomic E-state index is -0.305. The fourth-order valence-electron chi connectivity index (χ4n) is 2.07. The molecular weight excluding hydrogens is 176 g/mol. The van der Waals surface area contributed by atoms with Crippen LogP contribution in [0.5, 0.6) is 0 Å². The fraction of sp³-hybridized carbons (Fsp3) is 0.455. The highest BCUT2D eigenvalue weighted by Gasteiger charge is 2.21. The quantitative estimate of drug-likeness (QED) is 0.688. The van der Waals surface area contributed by atoms with E-state index in [1.54, 1.807) is 6.92 Å². The van der Waals surface area contributed by atoms with Gasteiger partial charge in [-0.1, -0.05) is 12.1 Å². The number of rotatable bonds is 2. The second-order valence-electron chi connectivity index (χ2n) is 3.90. The summed E-state index contributed by atoms with van der Waals surface area (Å²) in [4.78, 5) is 2.16. The maximum Gasteiger partial charge on any atom is 0.0687 e. The van der Waals surface area contributed by atoms with E-state index in [1.807, 2.05) is 12.1 Å². The Morgan fingerprint density at radius 2 is 2.36 bits per heavy atom. The van der Waals surface area contributed by atoms with Gasteiger partial charge in [-0.05, 0) is 25.0 Å². The van der Waals surface area contributed by atoms with Crippen LogP contribution in [0.15, 0.2) is 18.2 Å². The Balaban J connectivity index is 2.29. The highest BCUT2D eigenvalue weighted by Crippen LogP contribution is 2.33. The largest absolute Gasteiger partial charge is 0.397 e. The van der Waals surface area contributed by atoms with E-state index in [0.717, 1.165) is 24.3 Å². The van der Waals surface area contributed by atoms with Gasteiger partial charge in [-0.3, -0.25) is 0 Å². The van der Waals surface area contributed by atoms with Crippen LogP contribution in [0.25, 0.3) is 0 Å². The van der Waals surface area contributed by atoms with E-state index in [1.165, 1.54) is 5.56 Å². The predicted octanol–water partition coefficient (Wildman–Crippen LogP) is 1.01. The minimum absolute atomic E-state index is 0.305. The van der Waals surface area contributed by atoms with Crippen LogP contribution in [0.2, 0.25) is 0 Å². The number of aliphatic hydroxyl groups is 1. The molecule has 1 aliphatic rings. The Bertz CT molecular complexity index is 336. The van der Waals surface area contributed by atoms with Crippen molar-refractivity contribution in [3.63, 3.8) is 0 Å². The topological polar surface area (TPSA) is 49.5 Å². The normalized spacial score (nSPS) is 16.9. The molecule has 1 aliphatic heterocycles. The van der Waals surface area contributed by atoms with Gasteiger partial charge in [0.05, 0.1) is 17.5 Å². The van der Waals surface area contributed by atoms with Crippen LogP contribution in [0.1, 0.15) is 12.5 Å².